The highest BCUT2D eigenvalue weighted by Crippen LogP contribution is 2.30. The van der Waals surface area contributed by atoms with E-state index in [0.29, 0.717) is 22.6 Å². The van der Waals surface area contributed by atoms with E-state index in [-0.39, 0.29) is 0 Å². The van der Waals surface area contributed by atoms with Crippen LogP contribution in [-0.4, -0.2) is 14.2 Å². The van der Waals surface area contributed by atoms with Crippen molar-refractivity contribution < 1.29 is 9.47 Å². The molecule has 0 N–H and O–H groups in total. The zero-order valence-corrected chi connectivity index (χ0v) is 12.3. The summed E-state index contributed by atoms with van der Waals surface area (Å²) in [6.45, 7) is 0. The molecular formula is C18H14N2O2. The largest absolute Gasteiger partial charge is 0.493 e. The van der Waals surface area contributed by atoms with Crippen LogP contribution in [0.15, 0.2) is 42.5 Å². The number of nitrogens with zero attached hydrogens (tertiary/aromatic N) is 2. The number of rotatable bonds is 4. The third kappa shape index (κ3) is 3.26. The van der Waals surface area contributed by atoms with Crippen LogP contribution in [0.4, 0.5) is 0 Å². The summed E-state index contributed by atoms with van der Waals surface area (Å²) in [6.07, 6.45) is 1.77. The Balaban J connectivity index is 2.41. The molecule has 0 atom stereocenters. The van der Waals surface area contributed by atoms with E-state index in [2.05, 4.69) is 12.1 Å². The van der Waals surface area contributed by atoms with Crippen molar-refractivity contribution in [2.75, 3.05) is 14.2 Å². The zero-order valence-electron chi connectivity index (χ0n) is 12.3. The minimum atomic E-state index is 0.505. The van der Waals surface area contributed by atoms with Crippen LogP contribution in [0, 0.1) is 22.7 Å². The molecule has 0 spiro atoms. The van der Waals surface area contributed by atoms with Crippen molar-refractivity contribution in [1.29, 1.82) is 10.5 Å². The lowest BCUT2D eigenvalue weighted by Crippen LogP contribution is -1.92. The number of hydrogen-bond acceptors (Lipinski definition) is 4. The molecule has 0 fully saturated rings. The van der Waals surface area contributed by atoms with Gasteiger partial charge in [0.05, 0.1) is 37.5 Å². The molecule has 0 saturated heterocycles. The Labute approximate surface area is 129 Å². The fraction of sp³-hybridized carbons (Fsp3) is 0.111. The molecule has 0 aliphatic rings. The summed E-state index contributed by atoms with van der Waals surface area (Å²) in [4.78, 5) is 0. The van der Waals surface area contributed by atoms with Gasteiger partial charge >= 0.3 is 0 Å². The molecule has 0 aromatic heterocycles. The molecule has 22 heavy (non-hydrogen) atoms. The minimum Gasteiger partial charge on any atom is -0.493 e. The Hall–Kier alpha value is -3.24. The normalized spacial score (nSPS) is 10.5. The van der Waals surface area contributed by atoms with Crippen molar-refractivity contribution in [3.63, 3.8) is 0 Å². The number of hydrogen-bond donors (Lipinski definition) is 0. The summed E-state index contributed by atoms with van der Waals surface area (Å²) in [6, 6.07) is 16.6. The fourth-order valence-electron chi connectivity index (χ4n) is 2.00. The molecule has 0 bridgehead atoms. The van der Waals surface area contributed by atoms with E-state index in [1.807, 2.05) is 0 Å². The zero-order chi connectivity index (χ0) is 15.9. The summed E-state index contributed by atoms with van der Waals surface area (Å²) in [5, 5.41) is 18.2. The van der Waals surface area contributed by atoms with E-state index < -0.39 is 0 Å². The van der Waals surface area contributed by atoms with Gasteiger partial charge in [-0.3, -0.25) is 0 Å². The Kier molecular flexibility index (Phi) is 4.80. The molecule has 4 nitrogen and oxygen atoms in total. The van der Waals surface area contributed by atoms with Gasteiger partial charge in [0.15, 0.2) is 11.5 Å². The fourth-order valence-corrected chi connectivity index (χ4v) is 2.00. The van der Waals surface area contributed by atoms with Gasteiger partial charge in [-0.1, -0.05) is 12.1 Å². The van der Waals surface area contributed by atoms with Gasteiger partial charge in [-0.25, -0.2) is 0 Å². The Bertz CT molecular complexity index is 778. The van der Waals surface area contributed by atoms with Crippen LogP contribution < -0.4 is 9.47 Å². The van der Waals surface area contributed by atoms with E-state index in [9.17, 15) is 5.26 Å². The molecule has 0 heterocycles. The van der Waals surface area contributed by atoms with Crippen LogP contribution in [0.1, 0.15) is 16.7 Å². The lowest BCUT2D eigenvalue weighted by atomic mass is 10.0. The second kappa shape index (κ2) is 6.97. The van der Waals surface area contributed by atoms with Gasteiger partial charge in [-0.05, 0) is 47.5 Å². The first-order valence-corrected chi connectivity index (χ1v) is 6.56. The van der Waals surface area contributed by atoms with Crippen LogP contribution >= 0.6 is 0 Å². The Morgan fingerprint density at radius 2 is 1.64 bits per heavy atom. The molecule has 0 amide bonds. The van der Waals surface area contributed by atoms with Gasteiger partial charge in [0, 0.05) is 0 Å². The molecule has 0 aliphatic carbocycles. The van der Waals surface area contributed by atoms with E-state index in [0.717, 1.165) is 11.1 Å². The van der Waals surface area contributed by atoms with Gasteiger partial charge in [0.2, 0.25) is 0 Å². The quantitative estimate of drug-likeness (QED) is 0.637. The Morgan fingerprint density at radius 3 is 2.18 bits per heavy atom. The van der Waals surface area contributed by atoms with Crippen LogP contribution in [-0.2, 0) is 0 Å². The van der Waals surface area contributed by atoms with Gasteiger partial charge in [0.25, 0.3) is 0 Å². The van der Waals surface area contributed by atoms with Gasteiger partial charge in [-0.2, -0.15) is 10.5 Å². The van der Waals surface area contributed by atoms with Gasteiger partial charge in [0.1, 0.15) is 0 Å². The number of ether oxygens (including phenoxy) is 2. The SMILES string of the molecule is COc1ccc(/C(C#N)=C/c2ccc(C#N)cc2)cc1OC. The summed E-state index contributed by atoms with van der Waals surface area (Å²) in [7, 11) is 3.12. The molecule has 2 aromatic rings. The number of methoxy groups -OCH3 is 2. The van der Waals surface area contributed by atoms with Crippen molar-refractivity contribution in [2.45, 2.75) is 0 Å². The number of benzene rings is 2. The molecule has 108 valence electrons. The predicted molar refractivity (Wildman–Crippen MR) is 84.2 cm³/mol. The maximum Gasteiger partial charge on any atom is 0.161 e. The predicted octanol–water partition coefficient (Wildman–Crippen LogP) is 3.64. The van der Waals surface area contributed by atoms with E-state index in [1.165, 1.54) is 0 Å². The molecule has 4 heteroatoms. The average molecular weight is 290 g/mol. The monoisotopic (exact) mass is 290 g/mol. The second-order valence-corrected chi connectivity index (χ2v) is 4.47. The summed E-state index contributed by atoms with van der Waals surface area (Å²) < 4.78 is 10.4. The van der Waals surface area contributed by atoms with Gasteiger partial charge < -0.3 is 9.47 Å². The number of nitriles is 2. The number of allylic oxidation sites excluding steroid dienone is 1. The van der Waals surface area contributed by atoms with Crippen LogP contribution in [0.25, 0.3) is 11.6 Å². The van der Waals surface area contributed by atoms with Gasteiger partial charge in [-0.15, -0.1) is 0 Å². The van der Waals surface area contributed by atoms with Crippen molar-refractivity contribution in [2.24, 2.45) is 0 Å². The maximum atomic E-state index is 9.39. The highest BCUT2D eigenvalue weighted by Gasteiger charge is 2.08. The van der Waals surface area contributed by atoms with E-state index >= 15 is 0 Å². The first-order valence-electron chi connectivity index (χ1n) is 6.56. The molecule has 2 rings (SSSR count). The topological polar surface area (TPSA) is 66.0 Å². The molecule has 0 radical (unpaired) electrons. The second-order valence-electron chi connectivity index (χ2n) is 4.47. The molecular weight excluding hydrogens is 276 g/mol. The highest BCUT2D eigenvalue weighted by atomic mass is 16.5. The standard InChI is InChI=1S/C18H14N2O2/c1-21-17-8-7-15(10-18(17)22-2)16(12-20)9-13-3-5-14(11-19)6-4-13/h3-10H,1-2H3/b16-9+. The average Bonchev–Trinajstić information content (AvgIpc) is 2.59. The Morgan fingerprint density at radius 1 is 0.955 bits per heavy atom. The van der Waals surface area contributed by atoms with Crippen LogP contribution in [0.5, 0.6) is 11.5 Å². The van der Waals surface area contributed by atoms with Crippen LogP contribution in [0.2, 0.25) is 0 Å². The first kappa shape index (κ1) is 15.2. The molecule has 0 saturated carbocycles. The lowest BCUT2D eigenvalue weighted by molar-refractivity contribution is 0.355. The van der Waals surface area contributed by atoms with Crippen molar-refractivity contribution in [1.82, 2.24) is 0 Å². The lowest BCUT2D eigenvalue weighted by Gasteiger charge is -2.09. The van der Waals surface area contributed by atoms with Crippen molar-refractivity contribution in [3.05, 3.63) is 59.2 Å². The van der Waals surface area contributed by atoms with E-state index in [4.69, 9.17) is 14.7 Å². The first-order chi connectivity index (χ1) is 10.7. The molecule has 0 unspecified atom stereocenters. The minimum absolute atomic E-state index is 0.505. The summed E-state index contributed by atoms with van der Waals surface area (Å²) >= 11 is 0. The van der Waals surface area contributed by atoms with Crippen molar-refractivity contribution >= 4 is 11.6 Å². The third-order valence-corrected chi connectivity index (χ3v) is 3.17. The molecule has 0 aliphatic heterocycles. The van der Waals surface area contributed by atoms with Crippen molar-refractivity contribution in [3.8, 4) is 23.6 Å². The molecule has 2 aromatic carbocycles. The van der Waals surface area contributed by atoms with E-state index in [1.54, 1.807) is 62.8 Å². The summed E-state index contributed by atoms with van der Waals surface area (Å²) in [5.41, 5.74) is 2.68. The third-order valence-electron chi connectivity index (χ3n) is 3.17. The summed E-state index contributed by atoms with van der Waals surface area (Å²) in [5.74, 6) is 1.18. The maximum absolute atomic E-state index is 9.39. The smallest absolute Gasteiger partial charge is 0.161 e. The van der Waals surface area contributed by atoms with Crippen LogP contribution in [0.3, 0.4) is 0 Å². The highest BCUT2D eigenvalue weighted by molar-refractivity contribution is 5.90.